The summed E-state index contributed by atoms with van der Waals surface area (Å²) >= 11 is 0. The fourth-order valence-electron chi connectivity index (χ4n) is 4.81. The molecule has 3 rings (SSSR count). The molecule has 1 saturated carbocycles. The van der Waals surface area contributed by atoms with Crippen molar-refractivity contribution >= 4 is 11.9 Å². The van der Waals surface area contributed by atoms with Gasteiger partial charge in [0.2, 0.25) is 0 Å². The Labute approximate surface area is 205 Å². The van der Waals surface area contributed by atoms with E-state index < -0.39 is 11.4 Å². The number of nitrogens with zero attached hydrogens (tertiary/aromatic N) is 1. The molecule has 2 aromatic rings. The third-order valence-corrected chi connectivity index (χ3v) is 7.29. The zero-order valence-corrected chi connectivity index (χ0v) is 22.0. The van der Waals surface area contributed by atoms with Crippen LogP contribution in [0.4, 0.5) is 0 Å². The lowest BCUT2D eigenvalue weighted by molar-refractivity contribution is -0.146. The summed E-state index contributed by atoms with van der Waals surface area (Å²) in [7, 11) is 0. The summed E-state index contributed by atoms with van der Waals surface area (Å²) in [6, 6.07) is 8.71. The smallest absolute Gasteiger partial charge is 0.310 e. The average Bonchev–Trinajstić information content (AvgIpc) is 3.08. The molecule has 0 saturated heterocycles. The standard InChI is InChI=1S/C29H42N2O3/c1-19-13-22(15-23(14-19)28(3,4)5)25-16-24(26(32)30-18-29(6,7)27(33)34)20(2)31(25)17-21-11-9-8-10-12-21/h13-16,21H,8-12,17-18H2,1-7H3,(H,30,32)(H,33,34). The van der Waals surface area contributed by atoms with Crippen LogP contribution >= 0.6 is 0 Å². The zero-order valence-electron chi connectivity index (χ0n) is 22.0. The number of hydrogen-bond acceptors (Lipinski definition) is 2. The fourth-order valence-corrected chi connectivity index (χ4v) is 4.81. The third-order valence-electron chi connectivity index (χ3n) is 7.29. The maximum Gasteiger partial charge on any atom is 0.310 e. The summed E-state index contributed by atoms with van der Waals surface area (Å²) in [4.78, 5) is 24.7. The van der Waals surface area contributed by atoms with Crippen LogP contribution in [0.2, 0.25) is 0 Å². The molecule has 0 spiro atoms. The minimum Gasteiger partial charge on any atom is -0.481 e. The van der Waals surface area contributed by atoms with Gasteiger partial charge < -0.3 is 15.0 Å². The normalized spacial score (nSPS) is 15.4. The monoisotopic (exact) mass is 466 g/mol. The van der Waals surface area contributed by atoms with E-state index in [1.54, 1.807) is 13.8 Å². The highest BCUT2D eigenvalue weighted by atomic mass is 16.4. The van der Waals surface area contributed by atoms with Crippen LogP contribution in [-0.2, 0) is 16.8 Å². The van der Waals surface area contributed by atoms with Gasteiger partial charge in [-0.3, -0.25) is 9.59 Å². The van der Waals surface area contributed by atoms with E-state index in [4.69, 9.17) is 0 Å². The van der Waals surface area contributed by atoms with E-state index in [0.717, 1.165) is 23.5 Å². The molecule has 0 unspecified atom stereocenters. The predicted molar refractivity (Wildman–Crippen MR) is 138 cm³/mol. The summed E-state index contributed by atoms with van der Waals surface area (Å²) in [6.45, 7) is 15.1. The number of hydrogen-bond donors (Lipinski definition) is 2. The van der Waals surface area contributed by atoms with Gasteiger partial charge in [-0.1, -0.05) is 51.7 Å². The fraction of sp³-hybridized carbons (Fsp3) is 0.586. The Bertz CT molecular complexity index is 1050. The SMILES string of the molecule is Cc1cc(-c2cc(C(=O)NCC(C)(C)C(=O)O)c(C)n2CC2CCCCC2)cc(C(C)(C)C)c1. The van der Waals surface area contributed by atoms with E-state index in [9.17, 15) is 14.7 Å². The molecule has 1 aromatic carbocycles. The minimum absolute atomic E-state index is 0.0270. The molecule has 0 atom stereocenters. The van der Waals surface area contributed by atoms with E-state index >= 15 is 0 Å². The summed E-state index contributed by atoms with van der Waals surface area (Å²) in [5.74, 6) is -0.513. The summed E-state index contributed by atoms with van der Waals surface area (Å²) in [5.41, 5.74) is 5.28. The molecule has 1 aromatic heterocycles. The van der Waals surface area contributed by atoms with Gasteiger partial charge in [0.05, 0.1) is 11.0 Å². The number of carbonyl (C=O) groups is 2. The number of amides is 1. The second-order valence-corrected chi connectivity index (χ2v) is 11.9. The first-order valence-electron chi connectivity index (χ1n) is 12.6. The van der Waals surface area contributed by atoms with Gasteiger partial charge in [-0.05, 0) is 81.2 Å². The highest BCUT2D eigenvalue weighted by Crippen LogP contribution is 2.34. The van der Waals surface area contributed by atoms with E-state index in [0.29, 0.717) is 11.5 Å². The van der Waals surface area contributed by atoms with Crippen molar-refractivity contribution in [2.75, 3.05) is 6.54 Å². The Morgan fingerprint density at radius 1 is 1.00 bits per heavy atom. The lowest BCUT2D eigenvalue weighted by atomic mass is 9.84. The molecule has 1 aliphatic carbocycles. The quantitative estimate of drug-likeness (QED) is 0.490. The number of rotatable bonds is 7. The molecule has 1 amide bonds. The average molecular weight is 467 g/mol. The Balaban J connectivity index is 2.03. The zero-order chi connectivity index (χ0) is 25.3. The van der Waals surface area contributed by atoms with E-state index in [2.05, 4.69) is 55.8 Å². The van der Waals surface area contributed by atoms with Crippen LogP contribution < -0.4 is 5.32 Å². The Kier molecular flexibility index (Phi) is 7.64. The Morgan fingerprint density at radius 2 is 1.65 bits per heavy atom. The number of carbonyl (C=O) groups excluding carboxylic acids is 1. The third kappa shape index (κ3) is 5.92. The van der Waals surface area contributed by atoms with Crippen molar-refractivity contribution in [3.05, 3.63) is 46.6 Å². The molecule has 1 aliphatic rings. The molecule has 2 N–H and O–H groups in total. The van der Waals surface area contributed by atoms with Gasteiger partial charge in [0.1, 0.15) is 0 Å². The molecule has 1 heterocycles. The molecule has 0 bridgehead atoms. The second-order valence-electron chi connectivity index (χ2n) is 11.9. The lowest BCUT2D eigenvalue weighted by Gasteiger charge is -2.25. The molecular formula is C29H42N2O3. The van der Waals surface area contributed by atoms with Crippen LogP contribution in [-0.4, -0.2) is 28.1 Å². The van der Waals surface area contributed by atoms with Crippen LogP contribution in [0.3, 0.4) is 0 Å². The van der Waals surface area contributed by atoms with Crippen molar-refractivity contribution in [3.8, 4) is 11.3 Å². The second kappa shape index (κ2) is 9.97. The van der Waals surface area contributed by atoms with Crippen LogP contribution in [0.1, 0.15) is 93.9 Å². The summed E-state index contributed by atoms with van der Waals surface area (Å²) < 4.78 is 2.33. The van der Waals surface area contributed by atoms with Gasteiger partial charge >= 0.3 is 5.97 Å². The summed E-state index contributed by atoms with van der Waals surface area (Å²) in [6.07, 6.45) is 6.32. The van der Waals surface area contributed by atoms with Gasteiger partial charge in [-0.15, -0.1) is 0 Å². The molecule has 1 fully saturated rings. The predicted octanol–water partition coefficient (Wildman–Crippen LogP) is 6.49. The topological polar surface area (TPSA) is 71.3 Å². The van der Waals surface area contributed by atoms with Gasteiger partial charge in [0.15, 0.2) is 0 Å². The maximum absolute atomic E-state index is 13.2. The van der Waals surface area contributed by atoms with Crippen LogP contribution in [0.15, 0.2) is 24.3 Å². The number of nitrogens with one attached hydrogen (secondary N) is 1. The van der Waals surface area contributed by atoms with Crippen LogP contribution in [0.5, 0.6) is 0 Å². The number of aryl methyl sites for hydroxylation is 1. The van der Waals surface area contributed by atoms with Crippen molar-refractivity contribution in [2.24, 2.45) is 11.3 Å². The Hall–Kier alpha value is -2.56. The lowest BCUT2D eigenvalue weighted by Crippen LogP contribution is -2.39. The molecule has 186 valence electrons. The molecule has 34 heavy (non-hydrogen) atoms. The van der Waals surface area contributed by atoms with E-state index in [1.807, 2.05) is 13.0 Å². The number of carboxylic acid groups (broad SMARTS) is 1. The van der Waals surface area contributed by atoms with Crippen molar-refractivity contribution in [1.82, 2.24) is 9.88 Å². The number of carboxylic acids is 1. The Morgan fingerprint density at radius 3 is 2.24 bits per heavy atom. The van der Waals surface area contributed by atoms with E-state index in [-0.39, 0.29) is 17.9 Å². The van der Waals surface area contributed by atoms with Crippen molar-refractivity contribution in [3.63, 3.8) is 0 Å². The maximum atomic E-state index is 13.2. The molecule has 5 heteroatoms. The minimum atomic E-state index is -1.02. The molecule has 0 radical (unpaired) electrons. The van der Waals surface area contributed by atoms with Gasteiger partial charge in [-0.2, -0.15) is 0 Å². The number of aliphatic carboxylic acids is 1. The van der Waals surface area contributed by atoms with Gasteiger partial charge in [-0.25, -0.2) is 0 Å². The first-order valence-corrected chi connectivity index (χ1v) is 12.6. The summed E-state index contributed by atoms with van der Waals surface area (Å²) in [5, 5.41) is 12.3. The highest BCUT2D eigenvalue weighted by Gasteiger charge is 2.29. The van der Waals surface area contributed by atoms with Crippen LogP contribution in [0.25, 0.3) is 11.3 Å². The molecule has 0 aliphatic heterocycles. The van der Waals surface area contributed by atoms with Gasteiger partial charge in [0.25, 0.3) is 5.91 Å². The van der Waals surface area contributed by atoms with Crippen molar-refractivity contribution in [1.29, 1.82) is 0 Å². The van der Waals surface area contributed by atoms with Gasteiger partial charge in [0, 0.05) is 24.5 Å². The largest absolute Gasteiger partial charge is 0.481 e. The number of aromatic nitrogens is 1. The first-order chi connectivity index (χ1) is 15.8. The van der Waals surface area contributed by atoms with Crippen LogP contribution in [0, 0.1) is 25.2 Å². The van der Waals surface area contributed by atoms with Crippen molar-refractivity contribution in [2.45, 2.75) is 92.5 Å². The molecular weight excluding hydrogens is 424 g/mol. The van der Waals surface area contributed by atoms with Crippen molar-refractivity contribution < 1.29 is 14.7 Å². The first kappa shape index (κ1) is 26.1. The molecule has 5 nitrogen and oxygen atoms in total. The highest BCUT2D eigenvalue weighted by molar-refractivity contribution is 5.97. The number of benzene rings is 1. The van der Waals surface area contributed by atoms with E-state index in [1.165, 1.54) is 43.2 Å².